The summed E-state index contributed by atoms with van der Waals surface area (Å²) in [6.07, 6.45) is -4.06. The summed E-state index contributed by atoms with van der Waals surface area (Å²) >= 11 is 0. The van der Waals surface area contributed by atoms with Gasteiger partial charge in [-0.3, -0.25) is 4.79 Å². The fourth-order valence-corrected chi connectivity index (χ4v) is 3.72. The second-order valence-electron chi connectivity index (χ2n) is 5.00. The SMILES string of the molecule is O=C(N[C@@H]1CCS(=O)(=O)C1)c1ccc(OCC(F)(F)F)cc1. The van der Waals surface area contributed by atoms with E-state index in [0.717, 1.165) is 0 Å². The minimum absolute atomic E-state index is 0.00248. The summed E-state index contributed by atoms with van der Waals surface area (Å²) < 4.78 is 63.1. The van der Waals surface area contributed by atoms with Gasteiger partial charge in [-0.25, -0.2) is 8.42 Å². The normalized spacial score (nSPS) is 20.6. The molecule has 1 fully saturated rings. The number of amides is 1. The van der Waals surface area contributed by atoms with Crippen LogP contribution >= 0.6 is 0 Å². The predicted octanol–water partition coefficient (Wildman–Crippen LogP) is 1.54. The summed E-state index contributed by atoms with van der Waals surface area (Å²) in [5.41, 5.74) is 0.226. The maximum absolute atomic E-state index is 12.0. The summed E-state index contributed by atoms with van der Waals surface area (Å²) in [4.78, 5) is 11.9. The van der Waals surface area contributed by atoms with Crippen molar-refractivity contribution in [2.24, 2.45) is 0 Å². The Morgan fingerprint density at radius 1 is 1.27 bits per heavy atom. The highest BCUT2D eigenvalue weighted by atomic mass is 32.2. The molecule has 0 bridgehead atoms. The first-order valence-corrected chi connectivity index (χ1v) is 8.28. The molecule has 0 aliphatic carbocycles. The molecule has 5 nitrogen and oxygen atoms in total. The molecule has 1 saturated heterocycles. The van der Waals surface area contributed by atoms with E-state index in [1.165, 1.54) is 24.3 Å². The number of carbonyl (C=O) groups excluding carboxylic acids is 1. The van der Waals surface area contributed by atoms with Crippen LogP contribution in [0.3, 0.4) is 0 Å². The van der Waals surface area contributed by atoms with Gasteiger partial charge in [-0.15, -0.1) is 0 Å². The molecule has 0 aromatic heterocycles. The van der Waals surface area contributed by atoms with Gasteiger partial charge in [0.05, 0.1) is 11.5 Å². The smallest absolute Gasteiger partial charge is 0.422 e. The van der Waals surface area contributed by atoms with E-state index >= 15 is 0 Å². The van der Waals surface area contributed by atoms with Crippen LogP contribution in [0.1, 0.15) is 16.8 Å². The average Bonchev–Trinajstić information content (AvgIpc) is 2.75. The Morgan fingerprint density at radius 3 is 2.41 bits per heavy atom. The molecule has 1 atom stereocenters. The van der Waals surface area contributed by atoms with Gasteiger partial charge >= 0.3 is 6.18 Å². The van der Waals surface area contributed by atoms with Gasteiger partial charge < -0.3 is 10.1 Å². The quantitative estimate of drug-likeness (QED) is 0.905. The molecule has 1 amide bonds. The summed E-state index contributed by atoms with van der Waals surface area (Å²) in [6, 6.07) is 4.73. The van der Waals surface area contributed by atoms with E-state index in [1.54, 1.807) is 0 Å². The van der Waals surface area contributed by atoms with Crippen molar-refractivity contribution in [2.75, 3.05) is 18.1 Å². The van der Waals surface area contributed by atoms with Crippen molar-refractivity contribution in [2.45, 2.75) is 18.6 Å². The molecule has 1 aliphatic heterocycles. The van der Waals surface area contributed by atoms with Gasteiger partial charge in [0.25, 0.3) is 5.91 Å². The number of alkyl halides is 3. The van der Waals surface area contributed by atoms with Gasteiger partial charge in [-0.2, -0.15) is 13.2 Å². The summed E-state index contributed by atoms with van der Waals surface area (Å²) in [5, 5.41) is 2.59. The lowest BCUT2D eigenvalue weighted by molar-refractivity contribution is -0.153. The third-order valence-electron chi connectivity index (χ3n) is 3.09. The van der Waals surface area contributed by atoms with Gasteiger partial charge in [-0.1, -0.05) is 0 Å². The highest BCUT2D eigenvalue weighted by Crippen LogP contribution is 2.19. The molecule has 22 heavy (non-hydrogen) atoms. The molecule has 0 spiro atoms. The van der Waals surface area contributed by atoms with Crippen molar-refractivity contribution in [1.29, 1.82) is 0 Å². The second-order valence-corrected chi connectivity index (χ2v) is 7.23. The highest BCUT2D eigenvalue weighted by Gasteiger charge is 2.29. The number of carbonyl (C=O) groups is 1. The minimum atomic E-state index is -4.43. The van der Waals surface area contributed by atoms with Crippen molar-refractivity contribution < 1.29 is 31.1 Å². The molecule has 0 saturated carbocycles. The number of sulfone groups is 1. The van der Waals surface area contributed by atoms with Crippen LogP contribution < -0.4 is 10.1 Å². The summed E-state index contributed by atoms with van der Waals surface area (Å²) in [7, 11) is -3.09. The zero-order chi connectivity index (χ0) is 16.4. The van der Waals surface area contributed by atoms with Crippen LogP contribution in [0.2, 0.25) is 0 Å². The predicted molar refractivity (Wildman–Crippen MR) is 72.5 cm³/mol. The number of ether oxygens (including phenoxy) is 1. The number of rotatable bonds is 4. The largest absolute Gasteiger partial charge is 0.484 e. The maximum atomic E-state index is 12.0. The number of hydrogen-bond donors (Lipinski definition) is 1. The Bertz CT molecular complexity index is 640. The molecule has 1 aromatic carbocycles. The lowest BCUT2D eigenvalue weighted by Crippen LogP contribution is -2.35. The van der Waals surface area contributed by atoms with Gasteiger partial charge in [0.1, 0.15) is 5.75 Å². The van der Waals surface area contributed by atoms with E-state index in [-0.39, 0.29) is 22.8 Å². The van der Waals surface area contributed by atoms with E-state index in [1.807, 2.05) is 0 Å². The number of nitrogens with one attached hydrogen (secondary N) is 1. The molecule has 1 aromatic rings. The van der Waals surface area contributed by atoms with Gasteiger partial charge in [-0.05, 0) is 30.7 Å². The number of halogens is 3. The molecule has 9 heteroatoms. The Morgan fingerprint density at radius 2 is 1.91 bits per heavy atom. The summed E-state index contributed by atoms with van der Waals surface area (Å²) in [5.74, 6) is -0.518. The number of hydrogen-bond acceptors (Lipinski definition) is 4. The van der Waals surface area contributed by atoms with E-state index < -0.39 is 34.6 Å². The van der Waals surface area contributed by atoms with Crippen LogP contribution in [0.25, 0.3) is 0 Å². The average molecular weight is 337 g/mol. The topological polar surface area (TPSA) is 72.5 Å². The molecule has 0 radical (unpaired) electrons. The zero-order valence-corrected chi connectivity index (χ0v) is 12.2. The van der Waals surface area contributed by atoms with Crippen LogP contribution in [0.15, 0.2) is 24.3 Å². The summed E-state index contributed by atoms with van der Waals surface area (Å²) in [6.45, 7) is -1.40. The van der Waals surface area contributed by atoms with Gasteiger partial charge in [0.2, 0.25) is 0 Å². The fraction of sp³-hybridized carbons (Fsp3) is 0.462. The van der Waals surface area contributed by atoms with E-state index in [4.69, 9.17) is 0 Å². The Hall–Kier alpha value is -1.77. The fourth-order valence-electron chi connectivity index (χ4n) is 2.05. The van der Waals surface area contributed by atoms with E-state index in [0.29, 0.717) is 6.42 Å². The van der Waals surface area contributed by atoms with Crippen molar-refractivity contribution in [3.8, 4) is 5.75 Å². The monoisotopic (exact) mass is 337 g/mol. The molecule has 1 heterocycles. The first-order chi connectivity index (χ1) is 10.1. The molecular formula is C13H14F3NO4S. The molecule has 1 aliphatic rings. The molecule has 0 unspecified atom stereocenters. The Kier molecular flexibility index (Phi) is 4.64. The van der Waals surface area contributed by atoms with E-state index in [2.05, 4.69) is 10.1 Å². The molecule has 1 N–H and O–H groups in total. The van der Waals surface area contributed by atoms with Crippen LogP contribution in [-0.4, -0.2) is 44.7 Å². The van der Waals surface area contributed by atoms with Gasteiger partial charge in [0.15, 0.2) is 16.4 Å². The van der Waals surface area contributed by atoms with Crippen molar-refractivity contribution in [3.05, 3.63) is 29.8 Å². The zero-order valence-electron chi connectivity index (χ0n) is 11.4. The van der Waals surface area contributed by atoms with Crippen LogP contribution in [0, 0.1) is 0 Å². The first-order valence-electron chi connectivity index (χ1n) is 6.45. The van der Waals surface area contributed by atoms with Crippen molar-refractivity contribution in [1.82, 2.24) is 5.32 Å². The lowest BCUT2D eigenvalue weighted by Gasteiger charge is -2.12. The second kappa shape index (κ2) is 6.15. The maximum Gasteiger partial charge on any atom is 0.422 e. The molecular weight excluding hydrogens is 323 g/mol. The standard InChI is InChI=1S/C13H14F3NO4S/c14-13(15,16)8-21-11-3-1-9(2-4-11)12(18)17-10-5-6-22(19,20)7-10/h1-4,10H,5-8H2,(H,17,18)/t10-/m1/s1. The lowest BCUT2D eigenvalue weighted by atomic mass is 10.2. The number of benzene rings is 1. The Labute approximate surface area is 125 Å². The van der Waals surface area contributed by atoms with Crippen LogP contribution in [0.4, 0.5) is 13.2 Å². The van der Waals surface area contributed by atoms with Crippen LogP contribution in [-0.2, 0) is 9.84 Å². The van der Waals surface area contributed by atoms with Crippen LogP contribution in [0.5, 0.6) is 5.75 Å². The minimum Gasteiger partial charge on any atom is -0.484 e. The third kappa shape index (κ3) is 4.90. The third-order valence-corrected chi connectivity index (χ3v) is 4.85. The van der Waals surface area contributed by atoms with Gasteiger partial charge in [0, 0.05) is 11.6 Å². The highest BCUT2D eigenvalue weighted by molar-refractivity contribution is 7.91. The van der Waals surface area contributed by atoms with Crippen molar-refractivity contribution in [3.63, 3.8) is 0 Å². The first kappa shape index (κ1) is 16.6. The van der Waals surface area contributed by atoms with Crippen molar-refractivity contribution >= 4 is 15.7 Å². The van der Waals surface area contributed by atoms with E-state index in [9.17, 15) is 26.4 Å². The Balaban J connectivity index is 1.91. The molecule has 122 valence electrons. The molecule has 2 rings (SSSR count).